The SMILES string of the molecule is N#Cc1ccccc1COC(=O)C1CCN(S(=O)(=O)/C=C/c2ccccc2)CC1. The van der Waals surface area contributed by atoms with Gasteiger partial charge in [0.05, 0.1) is 17.6 Å². The van der Waals surface area contributed by atoms with Crippen LogP contribution in [-0.2, 0) is 26.2 Å². The standard InChI is InChI=1S/C22H22N2O4S/c23-16-20-8-4-5-9-21(20)17-28-22(25)19-10-13-24(14-11-19)29(26,27)15-12-18-6-2-1-3-7-18/h1-9,12,15,19H,10-11,13-14,17H2/b15-12+. The van der Waals surface area contributed by atoms with Crippen molar-refractivity contribution < 1.29 is 17.9 Å². The highest BCUT2D eigenvalue weighted by Gasteiger charge is 2.30. The van der Waals surface area contributed by atoms with Crippen LogP contribution in [0.25, 0.3) is 6.08 Å². The summed E-state index contributed by atoms with van der Waals surface area (Å²) in [6.07, 6.45) is 2.40. The molecular formula is C22H22N2O4S. The number of hydrogen-bond donors (Lipinski definition) is 0. The maximum absolute atomic E-state index is 12.5. The zero-order valence-corrected chi connectivity index (χ0v) is 16.7. The van der Waals surface area contributed by atoms with Crippen molar-refractivity contribution in [3.05, 3.63) is 76.7 Å². The Morgan fingerprint density at radius 1 is 1.10 bits per heavy atom. The van der Waals surface area contributed by atoms with E-state index in [0.29, 0.717) is 24.0 Å². The second-order valence-electron chi connectivity index (χ2n) is 6.81. The number of esters is 1. The molecule has 2 aromatic carbocycles. The fraction of sp³-hybridized carbons (Fsp3) is 0.273. The Kier molecular flexibility index (Phi) is 6.81. The van der Waals surface area contributed by atoms with Gasteiger partial charge in [-0.25, -0.2) is 8.42 Å². The molecule has 0 amide bonds. The number of rotatable bonds is 6. The minimum absolute atomic E-state index is 0.0426. The number of nitrogens with zero attached hydrogens (tertiary/aromatic N) is 2. The predicted molar refractivity (Wildman–Crippen MR) is 110 cm³/mol. The predicted octanol–water partition coefficient (Wildman–Crippen LogP) is 3.31. The first kappa shape index (κ1) is 20.8. The van der Waals surface area contributed by atoms with Gasteiger partial charge in [-0.2, -0.15) is 9.57 Å². The molecule has 0 spiro atoms. The Bertz CT molecular complexity index is 1020. The van der Waals surface area contributed by atoms with E-state index in [0.717, 1.165) is 5.56 Å². The smallest absolute Gasteiger partial charge is 0.309 e. The van der Waals surface area contributed by atoms with Gasteiger partial charge in [-0.1, -0.05) is 48.5 Å². The molecule has 7 heteroatoms. The van der Waals surface area contributed by atoms with Crippen molar-refractivity contribution in [2.45, 2.75) is 19.4 Å². The van der Waals surface area contributed by atoms with E-state index < -0.39 is 10.0 Å². The van der Waals surface area contributed by atoms with Crippen molar-refractivity contribution in [3.8, 4) is 6.07 Å². The molecule has 1 fully saturated rings. The van der Waals surface area contributed by atoms with Crippen LogP contribution in [0.4, 0.5) is 0 Å². The van der Waals surface area contributed by atoms with Crippen molar-refractivity contribution in [2.75, 3.05) is 13.1 Å². The van der Waals surface area contributed by atoms with Crippen LogP contribution in [0.3, 0.4) is 0 Å². The number of nitriles is 1. The second kappa shape index (κ2) is 9.50. The number of piperidine rings is 1. The van der Waals surface area contributed by atoms with Crippen LogP contribution in [0, 0.1) is 17.2 Å². The maximum atomic E-state index is 12.5. The van der Waals surface area contributed by atoms with Crippen LogP contribution in [0.15, 0.2) is 60.0 Å². The summed E-state index contributed by atoms with van der Waals surface area (Å²) in [7, 11) is -3.53. The highest BCUT2D eigenvalue weighted by atomic mass is 32.2. The Labute approximate surface area is 171 Å². The van der Waals surface area contributed by atoms with E-state index in [2.05, 4.69) is 6.07 Å². The minimum atomic E-state index is -3.53. The lowest BCUT2D eigenvalue weighted by Gasteiger charge is -2.29. The fourth-order valence-electron chi connectivity index (χ4n) is 3.18. The van der Waals surface area contributed by atoms with E-state index in [9.17, 15) is 13.2 Å². The van der Waals surface area contributed by atoms with E-state index in [4.69, 9.17) is 10.00 Å². The second-order valence-corrected chi connectivity index (χ2v) is 8.63. The normalized spacial score (nSPS) is 15.8. The van der Waals surface area contributed by atoms with E-state index in [1.54, 1.807) is 30.3 Å². The average molecular weight is 410 g/mol. The Balaban J connectivity index is 1.52. The maximum Gasteiger partial charge on any atom is 0.309 e. The quantitative estimate of drug-likeness (QED) is 0.682. The molecule has 6 nitrogen and oxygen atoms in total. The van der Waals surface area contributed by atoms with E-state index >= 15 is 0 Å². The zero-order chi connectivity index (χ0) is 20.7. The van der Waals surface area contributed by atoms with Crippen LogP contribution >= 0.6 is 0 Å². The molecule has 1 aliphatic rings. The Morgan fingerprint density at radius 2 is 1.76 bits per heavy atom. The molecule has 150 valence electrons. The summed E-state index contributed by atoms with van der Waals surface area (Å²) >= 11 is 0. The number of sulfonamides is 1. The van der Waals surface area contributed by atoms with Crippen LogP contribution < -0.4 is 0 Å². The summed E-state index contributed by atoms with van der Waals surface area (Å²) in [6, 6.07) is 18.3. The van der Waals surface area contributed by atoms with Gasteiger partial charge in [0.2, 0.25) is 10.0 Å². The lowest BCUT2D eigenvalue weighted by atomic mass is 9.98. The molecule has 0 atom stereocenters. The first-order valence-electron chi connectivity index (χ1n) is 9.37. The molecular weight excluding hydrogens is 388 g/mol. The van der Waals surface area contributed by atoms with Gasteiger partial charge in [0, 0.05) is 24.1 Å². The van der Waals surface area contributed by atoms with Gasteiger partial charge >= 0.3 is 5.97 Å². The van der Waals surface area contributed by atoms with Crippen LogP contribution in [0.5, 0.6) is 0 Å². The largest absolute Gasteiger partial charge is 0.461 e. The average Bonchev–Trinajstić information content (AvgIpc) is 2.77. The van der Waals surface area contributed by atoms with Gasteiger partial charge in [-0.15, -0.1) is 0 Å². The summed E-state index contributed by atoms with van der Waals surface area (Å²) in [4.78, 5) is 12.4. The molecule has 2 aromatic rings. The number of carbonyl (C=O) groups excluding carboxylic acids is 1. The van der Waals surface area contributed by atoms with E-state index in [-0.39, 0.29) is 31.6 Å². The molecule has 1 aliphatic heterocycles. The molecule has 0 radical (unpaired) electrons. The topological polar surface area (TPSA) is 87.5 Å². The number of benzene rings is 2. The fourth-order valence-corrected chi connectivity index (χ4v) is 4.40. The van der Waals surface area contributed by atoms with Gasteiger partial charge in [0.25, 0.3) is 0 Å². The third-order valence-electron chi connectivity index (χ3n) is 4.89. The van der Waals surface area contributed by atoms with Gasteiger partial charge in [-0.3, -0.25) is 4.79 Å². The molecule has 0 aromatic heterocycles. The molecule has 3 rings (SSSR count). The summed E-state index contributed by atoms with van der Waals surface area (Å²) in [5, 5.41) is 10.3. The molecule has 0 unspecified atom stereocenters. The van der Waals surface area contributed by atoms with Crippen LogP contribution in [-0.4, -0.2) is 31.8 Å². The van der Waals surface area contributed by atoms with Crippen molar-refractivity contribution in [3.63, 3.8) is 0 Å². The molecule has 0 bridgehead atoms. The first-order chi connectivity index (χ1) is 14.0. The highest BCUT2D eigenvalue weighted by Crippen LogP contribution is 2.22. The lowest BCUT2D eigenvalue weighted by Crippen LogP contribution is -2.39. The Hall–Kier alpha value is -2.95. The molecule has 0 saturated carbocycles. The first-order valence-corrected chi connectivity index (χ1v) is 10.9. The summed E-state index contributed by atoms with van der Waals surface area (Å²) in [5.74, 6) is -0.691. The summed E-state index contributed by atoms with van der Waals surface area (Å²) < 4.78 is 31.8. The third-order valence-corrected chi connectivity index (χ3v) is 6.45. The lowest BCUT2D eigenvalue weighted by molar-refractivity contribution is -0.151. The monoisotopic (exact) mass is 410 g/mol. The van der Waals surface area contributed by atoms with Gasteiger partial charge in [-0.05, 0) is 30.5 Å². The van der Waals surface area contributed by atoms with Crippen molar-refractivity contribution in [2.24, 2.45) is 5.92 Å². The molecule has 0 aliphatic carbocycles. The van der Waals surface area contributed by atoms with E-state index in [1.165, 1.54) is 9.71 Å². The molecule has 0 N–H and O–H groups in total. The Morgan fingerprint density at radius 3 is 2.45 bits per heavy atom. The third kappa shape index (κ3) is 5.53. The summed E-state index contributed by atoms with van der Waals surface area (Å²) in [6.45, 7) is 0.590. The van der Waals surface area contributed by atoms with Gasteiger partial charge in [0.15, 0.2) is 0 Å². The highest BCUT2D eigenvalue weighted by molar-refractivity contribution is 7.92. The van der Waals surface area contributed by atoms with Gasteiger partial charge in [0.1, 0.15) is 6.61 Å². The number of hydrogen-bond acceptors (Lipinski definition) is 5. The van der Waals surface area contributed by atoms with Gasteiger partial charge < -0.3 is 4.74 Å². The molecule has 1 heterocycles. The van der Waals surface area contributed by atoms with Crippen molar-refractivity contribution in [1.29, 1.82) is 5.26 Å². The van der Waals surface area contributed by atoms with Crippen LogP contribution in [0.2, 0.25) is 0 Å². The van der Waals surface area contributed by atoms with Crippen molar-refractivity contribution >= 4 is 22.1 Å². The number of ether oxygens (including phenoxy) is 1. The summed E-state index contributed by atoms with van der Waals surface area (Å²) in [5.41, 5.74) is 1.95. The molecule has 29 heavy (non-hydrogen) atoms. The minimum Gasteiger partial charge on any atom is -0.461 e. The van der Waals surface area contributed by atoms with E-state index in [1.807, 2.05) is 30.3 Å². The van der Waals surface area contributed by atoms with Crippen LogP contribution in [0.1, 0.15) is 29.5 Å². The number of carbonyl (C=O) groups is 1. The molecule has 1 saturated heterocycles. The zero-order valence-electron chi connectivity index (χ0n) is 15.9. The van der Waals surface area contributed by atoms with Crippen molar-refractivity contribution in [1.82, 2.24) is 4.31 Å².